The highest BCUT2D eigenvalue weighted by atomic mass is 16.5. The van der Waals surface area contributed by atoms with Gasteiger partial charge in [0.2, 0.25) is 0 Å². The fraction of sp³-hybridized carbons (Fsp3) is 0.458. The van der Waals surface area contributed by atoms with Crippen molar-refractivity contribution in [2.24, 2.45) is 5.92 Å². The molecule has 1 aliphatic rings. The minimum Gasteiger partial charge on any atom is -0.459 e. The van der Waals surface area contributed by atoms with Gasteiger partial charge in [-0.3, -0.25) is 0 Å². The number of rotatable bonds is 7. The molecular weight excluding hydrogens is 320 g/mol. The Kier molecular flexibility index (Phi) is 6.88. The van der Waals surface area contributed by atoms with Gasteiger partial charge in [0.15, 0.2) is 0 Å². The Hall–Kier alpha value is -2.09. The summed E-state index contributed by atoms with van der Waals surface area (Å²) < 4.78 is 5.76. The zero-order valence-corrected chi connectivity index (χ0v) is 15.8. The Bertz CT molecular complexity index is 667. The summed E-state index contributed by atoms with van der Waals surface area (Å²) in [5.41, 5.74) is 2.93. The molecule has 2 heteroatoms. The number of carbonyl (C=O) groups excluding carboxylic acids is 1. The van der Waals surface area contributed by atoms with Crippen LogP contribution in [0.25, 0.3) is 11.1 Å². The van der Waals surface area contributed by atoms with E-state index in [-0.39, 0.29) is 12.1 Å². The monoisotopic (exact) mass is 350 g/mol. The van der Waals surface area contributed by atoms with Gasteiger partial charge in [-0.15, -0.1) is 0 Å². The van der Waals surface area contributed by atoms with E-state index in [2.05, 4.69) is 19.1 Å². The first-order valence-electron chi connectivity index (χ1n) is 10.1. The second kappa shape index (κ2) is 9.56. The van der Waals surface area contributed by atoms with E-state index in [4.69, 9.17) is 4.74 Å². The van der Waals surface area contributed by atoms with Gasteiger partial charge in [0.1, 0.15) is 6.10 Å². The first-order chi connectivity index (χ1) is 12.8. The Morgan fingerprint density at radius 3 is 2.19 bits per heavy atom. The molecule has 0 aromatic heterocycles. The van der Waals surface area contributed by atoms with Crippen molar-refractivity contribution in [3.8, 4) is 11.1 Å². The molecule has 0 N–H and O–H groups in total. The molecule has 138 valence electrons. The number of esters is 1. The van der Waals surface area contributed by atoms with Crippen molar-refractivity contribution in [3.05, 3.63) is 60.2 Å². The molecule has 0 spiro atoms. The lowest BCUT2D eigenvalue weighted by atomic mass is 9.84. The van der Waals surface area contributed by atoms with Crippen LogP contribution in [-0.2, 0) is 4.74 Å². The van der Waals surface area contributed by atoms with Gasteiger partial charge in [-0.1, -0.05) is 75.1 Å². The molecule has 1 fully saturated rings. The van der Waals surface area contributed by atoms with E-state index in [1.807, 2.05) is 42.5 Å². The van der Waals surface area contributed by atoms with E-state index in [9.17, 15) is 4.79 Å². The van der Waals surface area contributed by atoms with Crippen molar-refractivity contribution in [2.75, 3.05) is 0 Å². The third kappa shape index (κ3) is 5.20. The summed E-state index contributed by atoms with van der Waals surface area (Å²) in [5, 5.41) is 0. The molecule has 0 radical (unpaired) electrons. The molecule has 0 amide bonds. The summed E-state index contributed by atoms with van der Waals surface area (Å²) in [5.74, 6) is 0.653. The normalized spacial score (nSPS) is 19.9. The molecular formula is C24H30O2. The maximum Gasteiger partial charge on any atom is 0.338 e. The van der Waals surface area contributed by atoms with Crippen LogP contribution in [0.15, 0.2) is 54.6 Å². The third-order valence-electron chi connectivity index (χ3n) is 5.51. The fourth-order valence-electron chi connectivity index (χ4n) is 3.87. The topological polar surface area (TPSA) is 26.3 Å². The van der Waals surface area contributed by atoms with E-state index >= 15 is 0 Å². The van der Waals surface area contributed by atoms with E-state index in [0.29, 0.717) is 5.56 Å². The largest absolute Gasteiger partial charge is 0.459 e. The quantitative estimate of drug-likeness (QED) is 0.413. The number of hydrogen-bond donors (Lipinski definition) is 0. The molecule has 0 unspecified atom stereocenters. The van der Waals surface area contributed by atoms with Crippen LogP contribution >= 0.6 is 0 Å². The predicted octanol–water partition coefficient (Wildman–Crippen LogP) is 6.65. The Balaban J connectivity index is 1.48. The lowest BCUT2D eigenvalue weighted by Gasteiger charge is -2.28. The van der Waals surface area contributed by atoms with E-state index in [1.165, 1.54) is 38.5 Å². The molecule has 2 nitrogen and oxygen atoms in total. The lowest BCUT2D eigenvalue weighted by Crippen LogP contribution is -2.24. The molecule has 0 atom stereocenters. The molecule has 0 heterocycles. The molecule has 0 saturated heterocycles. The first-order valence-corrected chi connectivity index (χ1v) is 10.1. The Morgan fingerprint density at radius 1 is 0.885 bits per heavy atom. The van der Waals surface area contributed by atoms with Crippen LogP contribution in [0.2, 0.25) is 0 Å². The molecule has 0 aliphatic heterocycles. The van der Waals surface area contributed by atoms with Gasteiger partial charge >= 0.3 is 5.97 Å². The van der Waals surface area contributed by atoms with Crippen LogP contribution in [0.5, 0.6) is 0 Å². The van der Waals surface area contributed by atoms with Gasteiger partial charge in [0.05, 0.1) is 5.56 Å². The molecule has 1 saturated carbocycles. The van der Waals surface area contributed by atoms with Gasteiger partial charge in [0, 0.05) is 0 Å². The summed E-state index contributed by atoms with van der Waals surface area (Å²) in [6, 6.07) is 18.0. The summed E-state index contributed by atoms with van der Waals surface area (Å²) in [4.78, 5) is 12.4. The maximum absolute atomic E-state index is 12.4. The van der Waals surface area contributed by atoms with Crippen molar-refractivity contribution >= 4 is 5.97 Å². The van der Waals surface area contributed by atoms with Crippen molar-refractivity contribution in [2.45, 2.75) is 64.4 Å². The summed E-state index contributed by atoms with van der Waals surface area (Å²) in [7, 11) is 0. The van der Waals surface area contributed by atoms with Crippen molar-refractivity contribution < 1.29 is 9.53 Å². The molecule has 3 rings (SSSR count). The Labute approximate surface area is 157 Å². The van der Waals surface area contributed by atoms with Crippen LogP contribution in [-0.4, -0.2) is 12.1 Å². The summed E-state index contributed by atoms with van der Waals surface area (Å²) in [6.07, 6.45) is 9.86. The molecule has 1 aliphatic carbocycles. The average Bonchev–Trinajstić information content (AvgIpc) is 2.70. The maximum atomic E-state index is 12.4. The minimum absolute atomic E-state index is 0.0960. The van der Waals surface area contributed by atoms with Crippen LogP contribution in [0.3, 0.4) is 0 Å². The smallest absolute Gasteiger partial charge is 0.338 e. The van der Waals surface area contributed by atoms with Crippen LogP contribution < -0.4 is 0 Å². The highest BCUT2D eigenvalue weighted by Gasteiger charge is 2.24. The molecule has 26 heavy (non-hydrogen) atoms. The lowest BCUT2D eigenvalue weighted by molar-refractivity contribution is 0.0161. The number of ether oxygens (including phenoxy) is 1. The number of carbonyl (C=O) groups is 1. The summed E-state index contributed by atoms with van der Waals surface area (Å²) >= 11 is 0. The third-order valence-corrected chi connectivity index (χ3v) is 5.51. The van der Waals surface area contributed by atoms with Crippen molar-refractivity contribution in [1.29, 1.82) is 0 Å². The second-order valence-corrected chi connectivity index (χ2v) is 7.49. The molecule has 2 aromatic rings. The minimum atomic E-state index is -0.181. The van der Waals surface area contributed by atoms with E-state index < -0.39 is 0 Å². The van der Waals surface area contributed by atoms with E-state index in [0.717, 1.165) is 29.9 Å². The van der Waals surface area contributed by atoms with E-state index in [1.54, 1.807) is 0 Å². The second-order valence-electron chi connectivity index (χ2n) is 7.49. The van der Waals surface area contributed by atoms with Crippen LogP contribution in [0.4, 0.5) is 0 Å². The van der Waals surface area contributed by atoms with Gasteiger partial charge < -0.3 is 4.74 Å². The van der Waals surface area contributed by atoms with Gasteiger partial charge in [-0.25, -0.2) is 4.79 Å². The van der Waals surface area contributed by atoms with Gasteiger partial charge in [0.25, 0.3) is 0 Å². The standard InChI is InChI=1S/C24H30O2/c1-2-3-5-8-19-11-17-23(18-12-19)26-24(25)22-15-13-21(14-16-22)20-9-6-4-7-10-20/h4,6-7,9-10,13-16,19,23H,2-3,5,8,11-12,17-18H2,1H3. The van der Waals surface area contributed by atoms with Crippen LogP contribution in [0.1, 0.15) is 68.6 Å². The number of hydrogen-bond acceptors (Lipinski definition) is 2. The number of unbranched alkanes of at least 4 members (excludes halogenated alkanes) is 2. The van der Waals surface area contributed by atoms with Crippen LogP contribution in [0, 0.1) is 5.92 Å². The van der Waals surface area contributed by atoms with Crippen molar-refractivity contribution in [3.63, 3.8) is 0 Å². The zero-order valence-electron chi connectivity index (χ0n) is 15.8. The molecule has 2 aromatic carbocycles. The van der Waals surface area contributed by atoms with Gasteiger partial charge in [-0.2, -0.15) is 0 Å². The summed E-state index contributed by atoms with van der Waals surface area (Å²) in [6.45, 7) is 2.25. The number of benzene rings is 2. The first kappa shape index (κ1) is 18.7. The SMILES string of the molecule is CCCCCC1CCC(OC(=O)c2ccc(-c3ccccc3)cc2)CC1. The predicted molar refractivity (Wildman–Crippen MR) is 107 cm³/mol. The van der Waals surface area contributed by atoms with Gasteiger partial charge in [-0.05, 0) is 54.9 Å². The van der Waals surface area contributed by atoms with Crippen molar-refractivity contribution in [1.82, 2.24) is 0 Å². The molecule has 0 bridgehead atoms. The zero-order chi connectivity index (χ0) is 18.2. The highest BCUT2D eigenvalue weighted by Crippen LogP contribution is 2.30. The highest BCUT2D eigenvalue weighted by molar-refractivity contribution is 5.90. The Morgan fingerprint density at radius 2 is 1.54 bits per heavy atom. The average molecular weight is 351 g/mol. The fourth-order valence-corrected chi connectivity index (χ4v) is 3.87.